The first-order valence-corrected chi connectivity index (χ1v) is 3.43. The molecule has 0 aliphatic carbocycles. The fourth-order valence-electron chi connectivity index (χ4n) is 1.07. The molecule has 0 aromatic heterocycles. The number of amides is 1. The Kier molecular flexibility index (Phi) is 1.33. The van der Waals surface area contributed by atoms with Crippen molar-refractivity contribution in [3.05, 3.63) is 40.3 Å². The summed E-state index contributed by atoms with van der Waals surface area (Å²) in [6.07, 6.45) is 1.38. The Morgan fingerprint density at radius 3 is 2.83 bits per heavy atom. The molecule has 0 atom stereocenters. The summed E-state index contributed by atoms with van der Waals surface area (Å²) in [4.78, 5) is 21.9. The summed E-state index contributed by atoms with van der Waals surface area (Å²) in [6.45, 7) is 0. The fraction of sp³-hybridized carbons (Fsp3) is 0. The first-order valence-electron chi connectivity index (χ1n) is 3.43. The molecule has 0 unspecified atom stereocenters. The lowest BCUT2D eigenvalue weighted by atomic mass is 10.1. The number of carbonyl (C=O) groups excluding carboxylic acids is 1. The van der Waals surface area contributed by atoms with E-state index in [1.165, 1.54) is 6.21 Å². The summed E-state index contributed by atoms with van der Waals surface area (Å²) in [6, 6.07) is 6.85. The van der Waals surface area contributed by atoms with Crippen LogP contribution in [0.5, 0.6) is 0 Å². The number of carbonyl (C=O) groups is 1. The van der Waals surface area contributed by atoms with Gasteiger partial charge in [0.05, 0.1) is 10.0 Å². The minimum Gasteiger partial charge on any atom is -0.206 e. The van der Waals surface area contributed by atoms with Crippen LogP contribution in [-0.2, 0) is 0 Å². The summed E-state index contributed by atoms with van der Waals surface area (Å²) >= 11 is 0. The lowest BCUT2D eigenvalue weighted by Crippen LogP contribution is -2.19. The van der Waals surface area contributed by atoms with Gasteiger partial charge in [-0.15, -0.1) is 0 Å². The number of hydrogen-bond acceptors (Lipinski definition) is 2. The maximum absolute atomic E-state index is 11.1. The number of rotatable bonds is 0. The standard InChI is InChI=1S/C8H5N2O2/c11-8-7-4-2-1-3-6(7)5-9-10(8)12/h1-5H/q+1. The minimum atomic E-state index is -0.604. The molecule has 1 amide bonds. The Morgan fingerprint density at radius 1 is 1.25 bits per heavy atom. The minimum absolute atomic E-state index is 0.0856. The molecule has 4 heteroatoms. The van der Waals surface area contributed by atoms with Crippen LogP contribution in [0.25, 0.3) is 0 Å². The molecule has 0 radical (unpaired) electrons. The summed E-state index contributed by atoms with van der Waals surface area (Å²) < 4.78 is 0. The van der Waals surface area contributed by atoms with Gasteiger partial charge < -0.3 is 0 Å². The van der Waals surface area contributed by atoms with Crippen molar-refractivity contribution in [1.82, 2.24) is 0 Å². The van der Waals surface area contributed by atoms with E-state index < -0.39 is 5.91 Å². The lowest BCUT2D eigenvalue weighted by Gasteiger charge is -1.98. The molecule has 58 valence electrons. The van der Waals surface area contributed by atoms with Crippen molar-refractivity contribution in [1.29, 1.82) is 0 Å². The van der Waals surface area contributed by atoms with Crippen molar-refractivity contribution in [2.24, 2.45) is 5.10 Å². The normalized spacial score (nSPS) is 14.7. The number of nitrogens with zero attached hydrogens (tertiary/aromatic N) is 2. The monoisotopic (exact) mass is 161 g/mol. The summed E-state index contributed by atoms with van der Waals surface area (Å²) in [7, 11) is 0. The Balaban J connectivity index is 2.67. The molecule has 1 aliphatic heterocycles. The van der Waals surface area contributed by atoms with Gasteiger partial charge in [0.25, 0.3) is 0 Å². The van der Waals surface area contributed by atoms with Crippen molar-refractivity contribution < 1.29 is 9.66 Å². The van der Waals surface area contributed by atoms with Crippen LogP contribution in [0.4, 0.5) is 0 Å². The summed E-state index contributed by atoms with van der Waals surface area (Å²) in [5, 5.41) is 3.36. The quantitative estimate of drug-likeness (QED) is 0.532. The molecule has 0 bridgehead atoms. The molecule has 1 heterocycles. The van der Waals surface area contributed by atoms with E-state index in [1.807, 2.05) is 0 Å². The Bertz CT molecular complexity index is 396. The van der Waals surface area contributed by atoms with Gasteiger partial charge in [-0.25, -0.2) is 4.79 Å². The van der Waals surface area contributed by atoms with Crippen LogP contribution in [0.15, 0.2) is 29.4 Å². The second kappa shape index (κ2) is 2.34. The zero-order valence-corrected chi connectivity index (χ0v) is 6.10. The van der Waals surface area contributed by atoms with Crippen LogP contribution < -0.4 is 0 Å². The first-order chi connectivity index (χ1) is 5.79. The molecule has 1 aromatic rings. The maximum atomic E-state index is 11.1. The number of hydrogen-bond donors (Lipinski definition) is 0. The third-order valence-electron chi connectivity index (χ3n) is 1.67. The van der Waals surface area contributed by atoms with Gasteiger partial charge in [-0.2, -0.15) is 0 Å². The smallest absolute Gasteiger partial charge is 0.206 e. The van der Waals surface area contributed by atoms with Gasteiger partial charge in [-0.3, -0.25) is 0 Å². The molecule has 0 saturated carbocycles. The van der Waals surface area contributed by atoms with Crippen molar-refractivity contribution in [2.75, 3.05) is 0 Å². The molecule has 4 nitrogen and oxygen atoms in total. The third-order valence-corrected chi connectivity index (χ3v) is 1.67. The van der Waals surface area contributed by atoms with E-state index in [-0.39, 0.29) is 4.87 Å². The molecule has 0 N–H and O–H groups in total. The van der Waals surface area contributed by atoms with E-state index >= 15 is 0 Å². The summed E-state index contributed by atoms with van der Waals surface area (Å²) in [5.74, 6) is -0.604. The highest BCUT2D eigenvalue weighted by atomic mass is 16.3. The van der Waals surface area contributed by atoms with Crippen LogP contribution in [0, 0.1) is 4.91 Å². The molecule has 12 heavy (non-hydrogen) atoms. The Labute approximate surface area is 68.1 Å². The fourth-order valence-corrected chi connectivity index (χ4v) is 1.07. The molecule has 2 rings (SSSR count). The van der Waals surface area contributed by atoms with Gasteiger partial charge in [0.2, 0.25) is 4.87 Å². The average molecular weight is 161 g/mol. The highest BCUT2D eigenvalue weighted by Gasteiger charge is 2.30. The third kappa shape index (κ3) is 0.852. The molecule has 0 spiro atoms. The van der Waals surface area contributed by atoms with E-state index in [1.54, 1.807) is 24.3 Å². The zero-order valence-electron chi connectivity index (χ0n) is 6.10. The Hall–Kier alpha value is -1.84. The van der Waals surface area contributed by atoms with Crippen LogP contribution in [0.2, 0.25) is 0 Å². The van der Waals surface area contributed by atoms with Crippen molar-refractivity contribution in [2.45, 2.75) is 0 Å². The van der Waals surface area contributed by atoms with Crippen molar-refractivity contribution in [3.8, 4) is 0 Å². The van der Waals surface area contributed by atoms with E-state index in [4.69, 9.17) is 0 Å². The van der Waals surface area contributed by atoms with Crippen molar-refractivity contribution >= 4 is 12.1 Å². The zero-order chi connectivity index (χ0) is 8.55. The van der Waals surface area contributed by atoms with Gasteiger partial charge in [0.15, 0.2) is 0 Å². The van der Waals surface area contributed by atoms with E-state index in [0.29, 0.717) is 11.1 Å². The van der Waals surface area contributed by atoms with Gasteiger partial charge in [-0.05, 0) is 6.07 Å². The van der Waals surface area contributed by atoms with Gasteiger partial charge in [0, 0.05) is 5.56 Å². The largest absolute Gasteiger partial charge is 0.501 e. The number of hydrazone groups is 1. The number of nitroso groups, excluding NO2 is 1. The van der Waals surface area contributed by atoms with Crippen LogP contribution >= 0.6 is 0 Å². The number of fused-ring (bicyclic) bond motifs is 1. The summed E-state index contributed by atoms with van der Waals surface area (Å²) in [5.41, 5.74) is 1.09. The van der Waals surface area contributed by atoms with Crippen LogP contribution in [0.3, 0.4) is 0 Å². The Morgan fingerprint density at radius 2 is 2.00 bits per heavy atom. The first kappa shape index (κ1) is 6.84. The molecule has 0 fully saturated rings. The number of benzene rings is 1. The van der Waals surface area contributed by atoms with Crippen molar-refractivity contribution in [3.63, 3.8) is 0 Å². The van der Waals surface area contributed by atoms with E-state index in [0.717, 1.165) is 0 Å². The molecular formula is C8H5N2O2+. The van der Waals surface area contributed by atoms with Gasteiger partial charge in [-0.1, -0.05) is 18.2 Å². The second-order valence-electron chi connectivity index (χ2n) is 2.41. The average Bonchev–Trinajstić information content (AvgIpc) is 2.12. The highest BCUT2D eigenvalue weighted by Crippen LogP contribution is 2.11. The SMILES string of the molecule is O=C1c2ccccc2C=N[N+]1=O. The maximum Gasteiger partial charge on any atom is 0.501 e. The van der Waals surface area contributed by atoms with Crippen LogP contribution in [-0.4, -0.2) is 17.0 Å². The second-order valence-corrected chi connectivity index (χ2v) is 2.41. The van der Waals surface area contributed by atoms with Crippen LogP contribution in [0.1, 0.15) is 15.9 Å². The van der Waals surface area contributed by atoms with Gasteiger partial charge >= 0.3 is 5.91 Å². The molecule has 0 saturated heterocycles. The molecule has 1 aromatic carbocycles. The molecular weight excluding hydrogens is 156 g/mol. The predicted molar refractivity (Wildman–Crippen MR) is 42.0 cm³/mol. The highest BCUT2D eigenvalue weighted by molar-refractivity contribution is 6.00. The lowest BCUT2D eigenvalue weighted by molar-refractivity contribution is -0.455. The predicted octanol–water partition coefficient (Wildman–Crippen LogP) is 0.953. The topological polar surface area (TPSA) is 49.5 Å². The molecule has 1 aliphatic rings. The van der Waals surface area contributed by atoms with E-state index in [9.17, 15) is 9.70 Å². The van der Waals surface area contributed by atoms with E-state index in [2.05, 4.69) is 5.10 Å². The van der Waals surface area contributed by atoms with Gasteiger partial charge in [0.1, 0.15) is 11.8 Å².